The van der Waals surface area contributed by atoms with Crippen LogP contribution in [0.4, 0.5) is 13.2 Å². The summed E-state index contributed by atoms with van der Waals surface area (Å²) in [7, 11) is 0. The van der Waals surface area contributed by atoms with Crippen LogP contribution in [0.15, 0.2) is 0 Å². The van der Waals surface area contributed by atoms with Crippen LogP contribution in [-0.4, -0.2) is 24.7 Å². The molecule has 3 atom stereocenters. The van der Waals surface area contributed by atoms with E-state index in [0.29, 0.717) is 11.8 Å². The monoisotopic (exact) mass is 266 g/mol. The summed E-state index contributed by atoms with van der Waals surface area (Å²) >= 11 is 0. The smallest absolute Gasteiger partial charge is 0.387 e. The number of nitrogens with one attached hydrogen (secondary N) is 1. The molecule has 0 saturated heterocycles. The first-order valence-corrected chi connectivity index (χ1v) is 6.22. The van der Waals surface area contributed by atoms with Crippen molar-refractivity contribution >= 4 is 5.84 Å². The van der Waals surface area contributed by atoms with Crippen LogP contribution in [0.5, 0.6) is 0 Å². The van der Waals surface area contributed by atoms with Crippen molar-refractivity contribution in [3.8, 4) is 0 Å². The van der Waals surface area contributed by atoms with Crippen molar-refractivity contribution < 1.29 is 17.9 Å². The van der Waals surface area contributed by atoms with E-state index in [4.69, 9.17) is 15.9 Å². The van der Waals surface area contributed by atoms with Crippen molar-refractivity contribution in [2.45, 2.75) is 45.4 Å². The molecule has 106 valence electrons. The van der Waals surface area contributed by atoms with E-state index >= 15 is 0 Å². The van der Waals surface area contributed by atoms with Gasteiger partial charge in [-0.15, -0.1) is 0 Å². The highest BCUT2D eigenvalue weighted by Gasteiger charge is 2.42. The fourth-order valence-corrected chi connectivity index (χ4v) is 2.60. The van der Waals surface area contributed by atoms with Crippen molar-refractivity contribution in [2.24, 2.45) is 23.5 Å². The second-order valence-corrected chi connectivity index (χ2v) is 5.42. The molecule has 1 saturated carbocycles. The van der Waals surface area contributed by atoms with Gasteiger partial charge in [-0.25, -0.2) is 0 Å². The van der Waals surface area contributed by atoms with E-state index in [1.54, 1.807) is 0 Å². The highest BCUT2D eigenvalue weighted by molar-refractivity contribution is 5.80. The first kappa shape index (κ1) is 15.3. The van der Waals surface area contributed by atoms with Gasteiger partial charge in [0, 0.05) is 0 Å². The molecule has 1 rings (SSSR count). The molecule has 18 heavy (non-hydrogen) atoms. The van der Waals surface area contributed by atoms with Crippen LogP contribution in [0.3, 0.4) is 0 Å². The molecule has 0 aromatic carbocycles. The zero-order valence-corrected chi connectivity index (χ0v) is 10.8. The lowest BCUT2D eigenvalue weighted by molar-refractivity contribution is -0.174. The SMILES string of the molecule is CC1CC(C)CC(OCC(C(=N)N)C(F)(F)F)C1. The molecule has 3 unspecified atom stereocenters. The summed E-state index contributed by atoms with van der Waals surface area (Å²) in [6.07, 6.45) is -1.99. The van der Waals surface area contributed by atoms with Gasteiger partial charge in [-0.2, -0.15) is 13.2 Å². The Bertz CT molecular complexity index is 284. The van der Waals surface area contributed by atoms with Crippen molar-refractivity contribution in [1.29, 1.82) is 5.41 Å². The van der Waals surface area contributed by atoms with E-state index < -0.39 is 24.5 Å². The van der Waals surface area contributed by atoms with Crippen LogP contribution in [0.1, 0.15) is 33.1 Å². The number of ether oxygens (including phenoxy) is 1. The quantitative estimate of drug-likeness (QED) is 0.607. The summed E-state index contributed by atoms with van der Waals surface area (Å²) in [6, 6.07) is 0. The Morgan fingerprint density at radius 2 is 1.78 bits per heavy atom. The van der Waals surface area contributed by atoms with Crippen LogP contribution in [0.25, 0.3) is 0 Å². The molecule has 0 amide bonds. The van der Waals surface area contributed by atoms with Crippen LogP contribution in [0.2, 0.25) is 0 Å². The van der Waals surface area contributed by atoms with Gasteiger partial charge >= 0.3 is 6.18 Å². The lowest BCUT2D eigenvalue weighted by Gasteiger charge is -2.32. The third-order valence-corrected chi connectivity index (χ3v) is 3.40. The van der Waals surface area contributed by atoms with Gasteiger partial charge in [0.15, 0.2) is 0 Å². The van der Waals surface area contributed by atoms with Gasteiger partial charge in [-0.3, -0.25) is 5.41 Å². The first-order chi connectivity index (χ1) is 8.20. The molecule has 6 heteroatoms. The van der Waals surface area contributed by atoms with Crippen LogP contribution in [0, 0.1) is 23.2 Å². The minimum absolute atomic E-state index is 0.145. The minimum Gasteiger partial charge on any atom is -0.387 e. The zero-order valence-electron chi connectivity index (χ0n) is 10.8. The minimum atomic E-state index is -4.50. The highest BCUT2D eigenvalue weighted by atomic mass is 19.4. The Kier molecular flexibility index (Phi) is 5.01. The molecule has 0 bridgehead atoms. The van der Waals surface area contributed by atoms with E-state index in [9.17, 15) is 13.2 Å². The Labute approximate surface area is 105 Å². The largest absolute Gasteiger partial charge is 0.400 e. The van der Waals surface area contributed by atoms with E-state index in [1.165, 1.54) is 0 Å². The lowest BCUT2D eigenvalue weighted by atomic mass is 9.82. The van der Waals surface area contributed by atoms with Crippen molar-refractivity contribution in [1.82, 2.24) is 0 Å². The van der Waals surface area contributed by atoms with E-state index in [-0.39, 0.29) is 6.10 Å². The molecule has 0 radical (unpaired) electrons. The van der Waals surface area contributed by atoms with E-state index in [2.05, 4.69) is 13.8 Å². The summed E-state index contributed by atoms with van der Waals surface area (Å²) in [4.78, 5) is 0. The Morgan fingerprint density at radius 3 is 2.17 bits per heavy atom. The van der Waals surface area contributed by atoms with Crippen molar-refractivity contribution in [3.05, 3.63) is 0 Å². The maximum absolute atomic E-state index is 12.6. The first-order valence-electron chi connectivity index (χ1n) is 6.22. The van der Waals surface area contributed by atoms with Crippen molar-refractivity contribution in [2.75, 3.05) is 6.61 Å². The maximum atomic E-state index is 12.6. The average Bonchev–Trinajstić information content (AvgIpc) is 2.12. The molecular formula is C12H21F3N2O. The standard InChI is InChI=1S/C12H21F3N2O/c1-7-3-8(2)5-9(4-7)18-6-10(11(16)17)12(13,14)15/h7-10H,3-6H2,1-2H3,(H3,16,17). The molecule has 0 aromatic heterocycles. The Morgan fingerprint density at radius 1 is 1.28 bits per heavy atom. The van der Waals surface area contributed by atoms with Gasteiger partial charge in [0.2, 0.25) is 0 Å². The number of nitrogens with two attached hydrogens (primary N) is 1. The predicted molar refractivity (Wildman–Crippen MR) is 63.4 cm³/mol. The van der Waals surface area contributed by atoms with E-state index in [1.807, 2.05) is 0 Å². The number of amidine groups is 1. The molecule has 3 N–H and O–H groups in total. The molecule has 0 spiro atoms. The van der Waals surface area contributed by atoms with Gasteiger partial charge in [0.05, 0.1) is 12.7 Å². The van der Waals surface area contributed by atoms with E-state index in [0.717, 1.165) is 19.3 Å². The summed E-state index contributed by atoms with van der Waals surface area (Å²) < 4.78 is 43.1. The third kappa shape index (κ3) is 4.48. The molecule has 1 aliphatic carbocycles. The van der Waals surface area contributed by atoms with Crippen LogP contribution < -0.4 is 5.73 Å². The van der Waals surface area contributed by atoms with Crippen LogP contribution >= 0.6 is 0 Å². The topological polar surface area (TPSA) is 59.1 Å². The summed E-state index contributed by atoms with van der Waals surface area (Å²) in [6.45, 7) is 3.62. The molecule has 0 aromatic rings. The summed E-state index contributed by atoms with van der Waals surface area (Å²) in [5, 5.41) is 6.98. The molecular weight excluding hydrogens is 245 g/mol. The summed E-state index contributed by atoms with van der Waals surface area (Å²) in [5.74, 6) is -1.91. The van der Waals surface area contributed by atoms with Crippen LogP contribution in [-0.2, 0) is 4.74 Å². The zero-order chi connectivity index (χ0) is 13.9. The third-order valence-electron chi connectivity index (χ3n) is 3.40. The molecule has 3 nitrogen and oxygen atoms in total. The highest BCUT2D eigenvalue weighted by Crippen LogP contribution is 2.32. The van der Waals surface area contributed by atoms with Gasteiger partial charge in [0.25, 0.3) is 0 Å². The second-order valence-electron chi connectivity index (χ2n) is 5.42. The number of halogens is 3. The van der Waals surface area contributed by atoms with Gasteiger partial charge in [-0.05, 0) is 31.1 Å². The number of hydrogen-bond donors (Lipinski definition) is 2. The Balaban J connectivity index is 2.50. The molecule has 1 fully saturated rings. The van der Waals surface area contributed by atoms with Gasteiger partial charge < -0.3 is 10.5 Å². The molecule has 0 heterocycles. The average molecular weight is 266 g/mol. The molecule has 1 aliphatic rings. The number of hydrogen-bond acceptors (Lipinski definition) is 2. The maximum Gasteiger partial charge on any atom is 0.400 e. The summed E-state index contributed by atoms with van der Waals surface area (Å²) in [5.41, 5.74) is 4.98. The predicted octanol–water partition coefficient (Wildman–Crippen LogP) is 2.94. The van der Waals surface area contributed by atoms with Crippen molar-refractivity contribution in [3.63, 3.8) is 0 Å². The van der Waals surface area contributed by atoms with Gasteiger partial charge in [0.1, 0.15) is 11.8 Å². The second kappa shape index (κ2) is 5.91. The fraction of sp³-hybridized carbons (Fsp3) is 0.917. The number of alkyl halides is 3. The number of rotatable bonds is 4. The molecule has 0 aliphatic heterocycles. The fourth-order valence-electron chi connectivity index (χ4n) is 2.60. The lowest BCUT2D eigenvalue weighted by Crippen LogP contribution is -2.40. The Hall–Kier alpha value is -0.780. The van der Waals surface area contributed by atoms with Gasteiger partial charge in [-0.1, -0.05) is 13.8 Å². The normalized spacial score (nSPS) is 31.1.